The molecule has 1 fully saturated rings. The molecule has 1 saturated heterocycles. The molecule has 7 heteroatoms. The van der Waals surface area contributed by atoms with Gasteiger partial charge in [0.25, 0.3) is 0 Å². The van der Waals surface area contributed by atoms with Crippen LogP contribution >= 0.6 is 0 Å². The zero-order chi connectivity index (χ0) is 15.3. The monoisotopic (exact) mass is 286 g/mol. The lowest BCUT2D eigenvalue weighted by atomic mass is 9.96. The van der Waals surface area contributed by atoms with E-state index in [1.807, 2.05) is 6.92 Å². The molecule has 0 aromatic carbocycles. The van der Waals surface area contributed by atoms with Crippen LogP contribution in [0.2, 0.25) is 0 Å². The third-order valence-electron chi connectivity index (χ3n) is 3.61. The van der Waals surface area contributed by atoms with Gasteiger partial charge in [-0.15, -0.1) is 0 Å². The van der Waals surface area contributed by atoms with Crippen molar-refractivity contribution in [2.24, 2.45) is 5.92 Å². The second kappa shape index (κ2) is 6.58. The molecule has 2 atom stereocenters. The summed E-state index contributed by atoms with van der Waals surface area (Å²) in [5.74, 6) is -1.72. The van der Waals surface area contributed by atoms with Crippen molar-refractivity contribution in [2.45, 2.75) is 38.6 Å². The molecule has 1 aliphatic heterocycles. The van der Waals surface area contributed by atoms with Gasteiger partial charge in [-0.1, -0.05) is 13.3 Å². The quantitative estimate of drug-likeness (QED) is 0.730. The zero-order valence-corrected chi connectivity index (χ0v) is 12.1. The first-order valence-electron chi connectivity index (χ1n) is 6.72. The minimum Gasteiger partial charge on any atom is -0.480 e. The SMILES string of the molecule is CCCC(C)(NC(=O)N1CCC(C(=O)OC)C1)C(=O)O. The highest BCUT2D eigenvalue weighted by Crippen LogP contribution is 2.19. The molecule has 0 radical (unpaired) electrons. The summed E-state index contributed by atoms with van der Waals surface area (Å²) in [5, 5.41) is 11.8. The van der Waals surface area contributed by atoms with Gasteiger partial charge < -0.3 is 20.1 Å². The highest BCUT2D eigenvalue weighted by atomic mass is 16.5. The van der Waals surface area contributed by atoms with Crippen LogP contribution in [-0.4, -0.2) is 53.7 Å². The summed E-state index contributed by atoms with van der Waals surface area (Å²) in [7, 11) is 1.31. The minimum atomic E-state index is -1.28. The van der Waals surface area contributed by atoms with Gasteiger partial charge in [-0.3, -0.25) is 4.79 Å². The summed E-state index contributed by atoms with van der Waals surface area (Å²) in [4.78, 5) is 36.2. The van der Waals surface area contributed by atoms with Gasteiger partial charge in [-0.2, -0.15) is 0 Å². The number of likely N-dealkylation sites (tertiary alicyclic amines) is 1. The number of nitrogens with one attached hydrogen (secondary N) is 1. The van der Waals surface area contributed by atoms with Crippen LogP contribution < -0.4 is 5.32 Å². The number of carboxylic acid groups (broad SMARTS) is 1. The van der Waals surface area contributed by atoms with Gasteiger partial charge in [0, 0.05) is 13.1 Å². The van der Waals surface area contributed by atoms with Crippen molar-refractivity contribution in [1.29, 1.82) is 0 Å². The molecule has 2 N–H and O–H groups in total. The molecule has 1 rings (SSSR count). The molecule has 1 heterocycles. The third-order valence-corrected chi connectivity index (χ3v) is 3.61. The molecular weight excluding hydrogens is 264 g/mol. The maximum Gasteiger partial charge on any atom is 0.329 e. The summed E-state index contributed by atoms with van der Waals surface area (Å²) >= 11 is 0. The topological polar surface area (TPSA) is 95.9 Å². The number of carboxylic acids is 1. The second-order valence-electron chi connectivity index (χ2n) is 5.27. The number of amides is 2. The van der Waals surface area contributed by atoms with Gasteiger partial charge >= 0.3 is 18.0 Å². The second-order valence-corrected chi connectivity index (χ2v) is 5.27. The maximum absolute atomic E-state index is 12.1. The first kappa shape index (κ1) is 16.3. The van der Waals surface area contributed by atoms with Gasteiger partial charge in [0.1, 0.15) is 5.54 Å². The lowest BCUT2D eigenvalue weighted by Gasteiger charge is -2.28. The number of hydrogen-bond donors (Lipinski definition) is 2. The Hall–Kier alpha value is -1.79. The Morgan fingerprint density at radius 3 is 2.60 bits per heavy atom. The Morgan fingerprint density at radius 1 is 1.45 bits per heavy atom. The fourth-order valence-corrected chi connectivity index (χ4v) is 2.34. The number of esters is 1. The van der Waals surface area contributed by atoms with Gasteiger partial charge in [-0.05, 0) is 19.8 Å². The van der Waals surface area contributed by atoms with Crippen molar-refractivity contribution in [1.82, 2.24) is 10.2 Å². The van der Waals surface area contributed by atoms with E-state index in [2.05, 4.69) is 10.1 Å². The number of carbonyl (C=O) groups is 3. The van der Waals surface area contributed by atoms with Gasteiger partial charge in [0.15, 0.2) is 0 Å². The number of rotatable bonds is 5. The first-order chi connectivity index (χ1) is 9.34. The Labute approximate surface area is 118 Å². The number of urea groups is 1. The van der Waals surface area contributed by atoms with Crippen molar-refractivity contribution in [3.8, 4) is 0 Å². The number of nitrogens with zero attached hydrogens (tertiary/aromatic N) is 1. The smallest absolute Gasteiger partial charge is 0.329 e. The summed E-state index contributed by atoms with van der Waals surface area (Å²) < 4.78 is 4.65. The van der Waals surface area contributed by atoms with Crippen molar-refractivity contribution in [2.75, 3.05) is 20.2 Å². The molecule has 7 nitrogen and oxygen atoms in total. The van der Waals surface area contributed by atoms with Crippen LogP contribution in [0.3, 0.4) is 0 Å². The van der Waals surface area contributed by atoms with E-state index in [1.165, 1.54) is 18.9 Å². The molecule has 114 valence electrons. The Kier molecular flexibility index (Phi) is 5.35. The fraction of sp³-hybridized carbons (Fsp3) is 0.769. The van der Waals surface area contributed by atoms with Crippen LogP contribution in [-0.2, 0) is 14.3 Å². The van der Waals surface area contributed by atoms with E-state index in [0.717, 1.165) is 0 Å². The molecular formula is C13H22N2O5. The largest absolute Gasteiger partial charge is 0.480 e. The standard InChI is InChI=1S/C13H22N2O5/c1-4-6-13(2,11(17)18)14-12(19)15-7-5-9(8-15)10(16)20-3/h9H,4-8H2,1-3H3,(H,14,19)(H,17,18). The molecule has 0 aromatic heterocycles. The number of aliphatic carboxylic acids is 1. The zero-order valence-electron chi connectivity index (χ0n) is 12.1. The Bertz CT molecular complexity index is 398. The Balaban J connectivity index is 2.63. The average Bonchev–Trinajstić information content (AvgIpc) is 2.87. The molecule has 0 saturated carbocycles. The molecule has 0 aromatic rings. The molecule has 0 spiro atoms. The summed E-state index contributed by atoms with van der Waals surface area (Å²) in [5.41, 5.74) is -1.28. The van der Waals surface area contributed by atoms with Crippen LogP contribution in [0.1, 0.15) is 33.1 Å². The van der Waals surface area contributed by atoms with Crippen molar-refractivity contribution in [3.05, 3.63) is 0 Å². The molecule has 2 unspecified atom stereocenters. The molecule has 0 aliphatic carbocycles. The van der Waals surface area contributed by atoms with Crippen LogP contribution in [0.15, 0.2) is 0 Å². The maximum atomic E-state index is 12.1. The van der Waals surface area contributed by atoms with Gasteiger partial charge in [-0.25, -0.2) is 9.59 Å². The molecule has 1 aliphatic rings. The average molecular weight is 286 g/mol. The highest BCUT2D eigenvalue weighted by Gasteiger charge is 2.38. The van der Waals surface area contributed by atoms with Gasteiger partial charge in [0.2, 0.25) is 0 Å². The predicted octanol–water partition coefficient (Wildman–Crippen LogP) is 0.834. The van der Waals surface area contributed by atoms with E-state index in [-0.39, 0.29) is 18.4 Å². The summed E-state index contributed by atoms with van der Waals surface area (Å²) in [6, 6.07) is -0.449. The third kappa shape index (κ3) is 3.61. The summed E-state index contributed by atoms with van der Waals surface area (Å²) in [6.45, 7) is 4.04. The predicted molar refractivity (Wildman–Crippen MR) is 71.2 cm³/mol. The van der Waals surface area contributed by atoms with Crippen LogP contribution in [0.25, 0.3) is 0 Å². The highest BCUT2D eigenvalue weighted by molar-refractivity contribution is 5.86. The Morgan fingerprint density at radius 2 is 2.10 bits per heavy atom. The minimum absolute atomic E-state index is 0.264. The molecule has 20 heavy (non-hydrogen) atoms. The van der Waals surface area contributed by atoms with E-state index in [9.17, 15) is 19.5 Å². The van der Waals surface area contributed by atoms with E-state index in [0.29, 0.717) is 25.8 Å². The van der Waals surface area contributed by atoms with Crippen LogP contribution in [0.5, 0.6) is 0 Å². The van der Waals surface area contributed by atoms with Crippen LogP contribution in [0, 0.1) is 5.92 Å². The molecule has 2 amide bonds. The van der Waals surface area contributed by atoms with E-state index in [4.69, 9.17) is 0 Å². The van der Waals surface area contributed by atoms with Crippen molar-refractivity contribution >= 4 is 18.0 Å². The number of carbonyl (C=O) groups excluding carboxylic acids is 2. The van der Waals surface area contributed by atoms with Gasteiger partial charge in [0.05, 0.1) is 13.0 Å². The van der Waals surface area contributed by atoms with Crippen LogP contribution in [0.4, 0.5) is 4.79 Å². The number of methoxy groups -OCH3 is 1. The first-order valence-corrected chi connectivity index (χ1v) is 6.72. The normalized spacial score (nSPS) is 21.1. The lowest BCUT2D eigenvalue weighted by Crippen LogP contribution is -2.55. The van der Waals surface area contributed by atoms with E-state index in [1.54, 1.807) is 0 Å². The number of ether oxygens (including phenoxy) is 1. The fourth-order valence-electron chi connectivity index (χ4n) is 2.34. The molecule has 0 bridgehead atoms. The number of hydrogen-bond acceptors (Lipinski definition) is 4. The van der Waals surface area contributed by atoms with E-state index >= 15 is 0 Å². The van der Waals surface area contributed by atoms with Crippen molar-refractivity contribution in [3.63, 3.8) is 0 Å². The van der Waals surface area contributed by atoms with E-state index < -0.39 is 17.5 Å². The van der Waals surface area contributed by atoms with Crippen molar-refractivity contribution < 1.29 is 24.2 Å². The summed E-state index contributed by atoms with van der Waals surface area (Å²) in [6.07, 6.45) is 1.54. The lowest BCUT2D eigenvalue weighted by molar-refractivity contribution is -0.145.